The van der Waals surface area contributed by atoms with E-state index in [1.807, 2.05) is 6.07 Å². The third-order valence-electron chi connectivity index (χ3n) is 7.78. The van der Waals surface area contributed by atoms with Gasteiger partial charge in [-0.05, 0) is 44.9 Å². The average molecular weight is 626 g/mol. The molecule has 1 saturated heterocycles. The van der Waals surface area contributed by atoms with Crippen molar-refractivity contribution in [2.75, 3.05) is 25.0 Å². The summed E-state index contributed by atoms with van der Waals surface area (Å²) in [6.07, 6.45) is -0.495. The molecule has 10 nitrogen and oxygen atoms in total. The fourth-order valence-electron chi connectivity index (χ4n) is 6.00. The van der Waals surface area contributed by atoms with Crippen LogP contribution in [0.4, 0.5) is 27.8 Å². The molecular formula is C30H26F3N5O5S. The van der Waals surface area contributed by atoms with Crippen molar-refractivity contribution >= 4 is 55.4 Å². The molecule has 0 aliphatic carbocycles. The highest BCUT2D eigenvalue weighted by Gasteiger charge is 2.37. The first-order valence-corrected chi connectivity index (χ1v) is 14.6. The molecule has 2 aliphatic rings. The van der Waals surface area contributed by atoms with Crippen LogP contribution in [0.1, 0.15) is 43.1 Å². The molecule has 0 spiro atoms. The average Bonchev–Trinajstić information content (AvgIpc) is 3.47. The number of nitrogens with zero attached hydrogens (tertiary/aromatic N) is 4. The Hall–Kier alpha value is -4.77. The number of benzene rings is 2. The molecule has 0 saturated carbocycles. The molecule has 4 aromatic rings. The van der Waals surface area contributed by atoms with Gasteiger partial charge in [-0.15, -0.1) is 11.3 Å². The van der Waals surface area contributed by atoms with Gasteiger partial charge in [-0.2, -0.15) is 5.26 Å². The highest BCUT2D eigenvalue weighted by atomic mass is 32.1. The second-order valence-corrected chi connectivity index (χ2v) is 12.7. The number of thiophene rings is 1. The van der Waals surface area contributed by atoms with Crippen molar-refractivity contribution in [3.8, 4) is 17.2 Å². The highest BCUT2D eigenvalue weighted by Crippen LogP contribution is 2.46. The summed E-state index contributed by atoms with van der Waals surface area (Å²) in [4.78, 5) is 40.5. The zero-order chi connectivity index (χ0) is 31.7. The SMILES string of the molecule is CC(C)(C)OC(=O)Nc1sc2c(F)ccc(-c3c(F)cc4c5c3c(F)cn5CC[C@@H]3CN(C(=O)O)CCN3C4=O)c2c1C#N. The summed E-state index contributed by atoms with van der Waals surface area (Å²) in [5.41, 5.74) is -1.21. The first kappa shape index (κ1) is 29.3. The van der Waals surface area contributed by atoms with Gasteiger partial charge in [-0.25, -0.2) is 22.8 Å². The number of ether oxygens (including phenoxy) is 1. The Morgan fingerprint density at radius 3 is 2.52 bits per heavy atom. The number of carbonyl (C=O) groups excluding carboxylic acids is 2. The van der Waals surface area contributed by atoms with E-state index >= 15 is 13.2 Å². The molecule has 1 atom stereocenters. The first-order valence-electron chi connectivity index (χ1n) is 13.7. The highest BCUT2D eigenvalue weighted by molar-refractivity contribution is 7.23. The molecule has 0 bridgehead atoms. The van der Waals surface area contributed by atoms with Gasteiger partial charge in [0, 0.05) is 48.7 Å². The lowest BCUT2D eigenvalue weighted by atomic mass is 9.93. The Morgan fingerprint density at radius 1 is 1.09 bits per heavy atom. The van der Waals surface area contributed by atoms with Crippen molar-refractivity contribution < 1.29 is 37.4 Å². The molecule has 1 fully saturated rings. The number of nitrogens with one attached hydrogen (secondary N) is 1. The molecule has 4 heterocycles. The van der Waals surface area contributed by atoms with Gasteiger partial charge in [0.2, 0.25) is 0 Å². The van der Waals surface area contributed by atoms with Crippen LogP contribution in [0, 0.1) is 28.8 Å². The number of anilines is 1. The molecule has 228 valence electrons. The lowest BCUT2D eigenvalue weighted by Gasteiger charge is -2.41. The van der Waals surface area contributed by atoms with Crippen molar-refractivity contribution in [2.45, 2.75) is 45.4 Å². The van der Waals surface area contributed by atoms with E-state index in [0.717, 1.165) is 29.7 Å². The maximum absolute atomic E-state index is 16.2. The minimum Gasteiger partial charge on any atom is -0.465 e. The Labute approximate surface area is 252 Å². The number of piperazine rings is 1. The minimum atomic E-state index is -1.11. The number of rotatable bonds is 2. The van der Waals surface area contributed by atoms with E-state index in [0.29, 0.717) is 6.42 Å². The van der Waals surface area contributed by atoms with E-state index in [1.165, 1.54) is 20.4 Å². The number of hydrogen-bond donors (Lipinski definition) is 2. The molecule has 3 amide bonds. The van der Waals surface area contributed by atoms with E-state index in [2.05, 4.69) is 5.32 Å². The lowest BCUT2D eigenvalue weighted by Crippen LogP contribution is -2.57. The third-order valence-corrected chi connectivity index (χ3v) is 8.89. The fourth-order valence-corrected chi connectivity index (χ4v) is 7.06. The third kappa shape index (κ3) is 4.77. The van der Waals surface area contributed by atoms with Crippen molar-refractivity contribution in [1.29, 1.82) is 5.26 Å². The smallest absolute Gasteiger partial charge is 0.412 e. The van der Waals surface area contributed by atoms with Crippen molar-refractivity contribution in [2.24, 2.45) is 0 Å². The molecular weight excluding hydrogens is 599 g/mol. The molecule has 14 heteroatoms. The molecule has 2 aromatic carbocycles. The van der Waals surface area contributed by atoms with Crippen LogP contribution in [0.25, 0.3) is 32.1 Å². The van der Waals surface area contributed by atoms with Crippen molar-refractivity contribution in [3.05, 3.63) is 53.0 Å². The second kappa shape index (κ2) is 10.4. The van der Waals surface area contributed by atoms with Crippen molar-refractivity contribution in [3.63, 3.8) is 0 Å². The number of carbonyl (C=O) groups is 3. The predicted molar refractivity (Wildman–Crippen MR) is 156 cm³/mol. The minimum absolute atomic E-state index is 0.00889. The van der Waals surface area contributed by atoms with Gasteiger partial charge in [0.25, 0.3) is 5.91 Å². The molecule has 44 heavy (non-hydrogen) atoms. The van der Waals surface area contributed by atoms with Crippen LogP contribution in [0.5, 0.6) is 0 Å². The summed E-state index contributed by atoms with van der Waals surface area (Å²) < 4.78 is 53.9. The molecule has 2 aromatic heterocycles. The number of fused-ring (bicyclic) bond motifs is 2. The first-order chi connectivity index (χ1) is 20.8. The van der Waals surface area contributed by atoms with Crippen LogP contribution < -0.4 is 5.32 Å². The molecule has 2 aliphatic heterocycles. The van der Waals surface area contributed by atoms with E-state index in [-0.39, 0.29) is 74.4 Å². The lowest BCUT2D eigenvalue weighted by molar-refractivity contribution is 0.0419. The van der Waals surface area contributed by atoms with Gasteiger partial charge < -0.3 is 24.2 Å². The molecule has 2 N–H and O–H groups in total. The molecule has 0 radical (unpaired) electrons. The fraction of sp³-hybridized carbons (Fsp3) is 0.333. The largest absolute Gasteiger partial charge is 0.465 e. The van der Waals surface area contributed by atoms with Crippen LogP contribution in [-0.4, -0.2) is 68.8 Å². The summed E-state index contributed by atoms with van der Waals surface area (Å²) in [6.45, 7) is 5.42. The normalized spacial score (nSPS) is 16.8. The summed E-state index contributed by atoms with van der Waals surface area (Å²) in [5, 5.41) is 21.8. The Balaban J connectivity index is 1.53. The summed E-state index contributed by atoms with van der Waals surface area (Å²) in [7, 11) is 0. The molecule has 0 unspecified atom stereocenters. The van der Waals surface area contributed by atoms with E-state index in [9.17, 15) is 24.8 Å². The van der Waals surface area contributed by atoms with E-state index in [4.69, 9.17) is 4.74 Å². The monoisotopic (exact) mass is 625 g/mol. The summed E-state index contributed by atoms with van der Waals surface area (Å²) in [6, 6.07) is 4.79. The van der Waals surface area contributed by atoms with E-state index in [1.54, 1.807) is 20.8 Å². The zero-order valence-corrected chi connectivity index (χ0v) is 24.6. The summed E-state index contributed by atoms with van der Waals surface area (Å²) >= 11 is 0.761. The number of aromatic nitrogens is 1. The topological polar surface area (TPSA) is 128 Å². The number of aryl methyl sites for hydroxylation is 1. The standard InChI is InChI=1S/C30H26F3N5O5S/c1-30(2,3)43-28(40)35-26-17(11-34)21-15(4-5-18(31)25(21)44-26)22-19(32)10-16-24-23(22)20(33)13-36(24)7-6-14-12-37(29(41)42)8-9-38(14)27(16)39/h4-5,10,13-14H,6-9,12H2,1-3H3,(H,35,40)(H,41,42)/t14-/m1/s1. The van der Waals surface area contributed by atoms with Gasteiger partial charge in [0.05, 0.1) is 27.4 Å². The van der Waals surface area contributed by atoms with Crippen LogP contribution in [0.3, 0.4) is 0 Å². The van der Waals surface area contributed by atoms with Crippen LogP contribution >= 0.6 is 11.3 Å². The number of nitriles is 1. The van der Waals surface area contributed by atoms with Gasteiger partial charge in [0.1, 0.15) is 34.1 Å². The summed E-state index contributed by atoms with van der Waals surface area (Å²) in [5.74, 6) is -3.09. The zero-order valence-electron chi connectivity index (χ0n) is 23.8. The van der Waals surface area contributed by atoms with Crippen molar-refractivity contribution in [1.82, 2.24) is 14.4 Å². The maximum Gasteiger partial charge on any atom is 0.412 e. The van der Waals surface area contributed by atoms with Gasteiger partial charge >= 0.3 is 12.2 Å². The number of amides is 3. The molecule has 6 rings (SSSR count). The Bertz CT molecular complexity index is 1940. The van der Waals surface area contributed by atoms with Gasteiger partial charge in [0.15, 0.2) is 0 Å². The second-order valence-electron chi connectivity index (χ2n) is 11.7. The Kier molecular flexibility index (Phi) is 6.96. The quantitative estimate of drug-likeness (QED) is 0.267. The number of hydrogen-bond acceptors (Lipinski definition) is 6. The number of halogens is 3. The van der Waals surface area contributed by atoms with E-state index < -0.39 is 47.2 Å². The van der Waals surface area contributed by atoms with Crippen LogP contribution in [0.15, 0.2) is 24.4 Å². The van der Waals surface area contributed by atoms with Crippen LogP contribution in [0.2, 0.25) is 0 Å². The maximum atomic E-state index is 16.2. The van der Waals surface area contributed by atoms with Gasteiger partial charge in [-0.3, -0.25) is 10.1 Å². The van der Waals surface area contributed by atoms with Gasteiger partial charge in [-0.1, -0.05) is 6.07 Å². The predicted octanol–water partition coefficient (Wildman–Crippen LogP) is 6.37. The Morgan fingerprint density at radius 2 is 1.84 bits per heavy atom. The number of carboxylic acid groups (broad SMARTS) is 1. The van der Waals surface area contributed by atoms with Crippen LogP contribution in [-0.2, 0) is 11.3 Å².